The highest BCUT2D eigenvalue weighted by Crippen LogP contribution is 2.26. The predicted molar refractivity (Wildman–Crippen MR) is 77.3 cm³/mol. The van der Waals surface area contributed by atoms with Crippen LogP contribution in [0.15, 0.2) is 22.7 Å². The van der Waals surface area contributed by atoms with E-state index < -0.39 is 17.7 Å². The van der Waals surface area contributed by atoms with Gasteiger partial charge in [0.05, 0.1) is 15.9 Å². The van der Waals surface area contributed by atoms with Crippen LogP contribution >= 0.6 is 15.9 Å². The van der Waals surface area contributed by atoms with Crippen LogP contribution in [-0.4, -0.2) is 9.78 Å². The van der Waals surface area contributed by atoms with Crippen LogP contribution in [0.3, 0.4) is 0 Å². The van der Waals surface area contributed by atoms with Gasteiger partial charge >= 0.3 is 0 Å². The number of halogens is 3. The third-order valence-corrected chi connectivity index (χ3v) is 4.20. The molecule has 108 valence electrons. The minimum absolute atomic E-state index is 0.415. The second-order valence-corrected chi connectivity index (χ2v) is 5.46. The summed E-state index contributed by atoms with van der Waals surface area (Å²) in [5, 5.41) is 4.39. The molecule has 2 aromatic rings. The van der Waals surface area contributed by atoms with E-state index in [1.807, 2.05) is 14.0 Å². The van der Waals surface area contributed by atoms with Crippen LogP contribution < -0.4 is 5.73 Å². The Bertz CT molecular complexity index is 625. The Hall–Kier alpha value is -1.27. The zero-order chi connectivity index (χ0) is 14.9. The number of aryl methyl sites for hydroxylation is 2. The molecule has 2 N–H and O–H groups in total. The Morgan fingerprint density at radius 2 is 2.05 bits per heavy atom. The van der Waals surface area contributed by atoms with Gasteiger partial charge < -0.3 is 5.73 Å². The normalized spacial score (nSPS) is 12.7. The van der Waals surface area contributed by atoms with Crippen molar-refractivity contribution < 1.29 is 8.78 Å². The summed E-state index contributed by atoms with van der Waals surface area (Å²) in [6.45, 7) is 2.02. The molecule has 0 aliphatic carbocycles. The van der Waals surface area contributed by atoms with E-state index in [-0.39, 0.29) is 0 Å². The molecule has 1 heterocycles. The minimum Gasteiger partial charge on any atom is -0.324 e. The van der Waals surface area contributed by atoms with E-state index in [1.165, 1.54) is 6.07 Å². The van der Waals surface area contributed by atoms with Gasteiger partial charge in [0.1, 0.15) is 0 Å². The molecule has 1 unspecified atom stereocenters. The lowest BCUT2D eigenvalue weighted by molar-refractivity contribution is 0.504. The molecular weight excluding hydrogens is 328 g/mol. The van der Waals surface area contributed by atoms with Crippen LogP contribution in [0, 0.1) is 11.6 Å². The highest BCUT2D eigenvalue weighted by atomic mass is 79.9. The number of benzene rings is 1. The molecule has 0 saturated carbocycles. The van der Waals surface area contributed by atoms with Gasteiger partial charge in [0, 0.05) is 19.5 Å². The van der Waals surface area contributed by atoms with Crippen molar-refractivity contribution in [2.24, 2.45) is 12.8 Å². The Kier molecular flexibility index (Phi) is 4.55. The van der Waals surface area contributed by atoms with Crippen molar-refractivity contribution in [1.29, 1.82) is 0 Å². The van der Waals surface area contributed by atoms with Crippen LogP contribution in [-0.2, 0) is 19.9 Å². The van der Waals surface area contributed by atoms with Crippen molar-refractivity contribution in [3.63, 3.8) is 0 Å². The summed E-state index contributed by atoms with van der Waals surface area (Å²) in [4.78, 5) is 0. The maximum atomic E-state index is 13.2. The van der Waals surface area contributed by atoms with Gasteiger partial charge in [-0.3, -0.25) is 4.68 Å². The fourth-order valence-corrected chi connectivity index (χ4v) is 2.89. The highest BCUT2D eigenvalue weighted by molar-refractivity contribution is 9.10. The molecule has 3 nitrogen and oxygen atoms in total. The monoisotopic (exact) mass is 343 g/mol. The average Bonchev–Trinajstić information content (AvgIpc) is 2.69. The molecule has 20 heavy (non-hydrogen) atoms. The summed E-state index contributed by atoms with van der Waals surface area (Å²) in [5.74, 6) is -1.74. The van der Waals surface area contributed by atoms with Gasteiger partial charge in [0.25, 0.3) is 0 Å². The van der Waals surface area contributed by atoms with E-state index in [1.54, 1.807) is 4.68 Å². The molecule has 6 heteroatoms. The fraction of sp³-hybridized carbons (Fsp3) is 0.357. The first kappa shape index (κ1) is 15.1. The molecule has 0 amide bonds. The summed E-state index contributed by atoms with van der Waals surface area (Å²) in [5.41, 5.74) is 8.55. The van der Waals surface area contributed by atoms with Crippen LogP contribution in [0.4, 0.5) is 8.78 Å². The maximum absolute atomic E-state index is 13.2. The van der Waals surface area contributed by atoms with Crippen molar-refractivity contribution in [3.05, 3.63) is 51.3 Å². The Balaban J connectivity index is 2.25. The average molecular weight is 344 g/mol. The third-order valence-electron chi connectivity index (χ3n) is 3.29. The lowest BCUT2D eigenvalue weighted by atomic mass is 10.0. The number of rotatable bonds is 4. The molecular formula is C14H16BrF2N3. The quantitative estimate of drug-likeness (QED) is 0.925. The molecule has 1 aromatic heterocycles. The molecule has 0 bridgehead atoms. The summed E-state index contributed by atoms with van der Waals surface area (Å²) >= 11 is 3.52. The highest BCUT2D eigenvalue weighted by Gasteiger charge is 2.17. The largest absolute Gasteiger partial charge is 0.324 e. The fourth-order valence-electron chi connectivity index (χ4n) is 2.11. The standard InChI is InChI=1S/C14H16BrF2N3/c1-3-12-14(15)13(20(2)19-12)7-11(18)8-4-5-9(16)10(17)6-8/h4-6,11H,3,7,18H2,1-2H3. The molecule has 0 aliphatic heterocycles. The van der Waals surface area contributed by atoms with E-state index in [0.717, 1.165) is 34.4 Å². The van der Waals surface area contributed by atoms with Gasteiger partial charge in [-0.25, -0.2) is 8.78 Å². The Labute approximate surface area is 124 Å². The smallest absolute Gasteiger partial charge is 0.159 e. The molecule has 2 rings (SSSR count). The third kappa shape index (κ3) is 2.91. The van der Waals surface area contributed by atoms with Crippen molar-refractivity contribution in [2.75, 3.05) is 0 Å². The van der Waals surface area contributed by atoms with Gasteiger partial charge in [-0.05, 0) is 40.0 Å². The van der Waals surface area contributed by atoms with Crippen molar-refractivity contribution in [1.82, 2.24) is 9.78 Å². The topological polar surface area (TPSA) is 43.8 Å². The number of nitrogens with zero attached hydrogens (tertiary/aromatic N) is 2. The van der Waals surface area contributed by atoms with Gasteiger partial charge in [-0.2, -0.15) is 5.10 Å². The van der Waals surface area contributed by atoms with Gasteiger partial charge in [-0.15, -0.1) is 0 Å². The van der Waals surface area contributed by atoms with Crippen molar-refractivity contribution in [3.8, 4) is 0 Å². The number of hydrogen-bond donors (Lipinski definition) is 1. The van der Waals surface area contributed by atoms with Crippen LogP contribution in [0.1, 0.15) is 29.9 Å². The van der Waals surface area contributed by atoms with Gasteiger partial charge in [-0.1, -0.05) is 13.0 Å². The number of nitrogens with two attached hydrogens (primary N) is 1. The van der Waals surface area contributed by atoms with E-state index in [2.05, 4.69) is 21.0 Å². The molecule has 0 aliphatic rings. The molecule has 0 fully saturated rings. The first-order valence-corrected chi connectivity index (χ1v) is 7.14. The molecule has 0 spiro atoms. The summed E-state index contributed by atoms with van der Waals surface area (Å²) in [6.07, 6.45) is 1.31. The predicted octanol–water partition coefficient (Wildman–Crippen LogP) is 3.27. The summed E-state index contributed by atoms with van der Waals surface area (Å²) in [6, 6.07) is 3.33. The van der Waals surface area contributed by atoms with E-state index in [9.17, 15) is 8.78 Å². The molecule has 0 radical (unpaired) electrons. The van der Waals surface area contributed by atoms with Crippen molar-refractivity contribution in [2.45, 2.75) is 25.8 Å². The van der Waals surface area contributed by atoms with Crippen molar-refractivity contribution >= 4 is 15.9 Å². The second-order valence-electron chi connectivity index (χ2n) is 4.67. The van der Waals surface area contributed by atoms with E-state index in [4.69, 9.17) is 5.73 Å². The molecule has 1 atom stereocenters. The van der Waals surface area contributed by atoms with Crippen LogP contribution in [0.2, 0.25) is 0 Å². The lowest BCUT2D eigenvalue weighted by Crippen LogP contribution is -2.16. The Morgan fingerprint density at radius 1 is 1.35 bits per heavy atom. The lowest BCUT2D eigenvalue weighted by Gasteiger charge is -2.13. The zero-order valence-corrected chi connectivity index (χ0v) is 12.9. The number of aromatic nitrogens is 2. The first-order valence-electron chi connectivity index (χ1n) is 6.34. The zero-order valence-electron chi connectivity index (χ0n) is 11.3. The SMILES string of the molecule is CCc1nn(C)c(CC(N)c2ccc(F)c(F)c2)c1Br. The molecule has 1 aromatic carbocycles. The van der Waals surface area contributed by atoms with Crippen LogP contribution in [0.5, 0.6) is 0 Å². The van der Waals surface area contributed by atoms with E-state index in [0.29, 0.717) is 12.0 Å². The van der Waals surface area contributed by atoms with Crippen LogP contribution in [0.25, 0.3) is 0 Å². The van der Waals surface area contributed by atoms with Gasteiger partial charge in [0.15, 0.2) is 11.6 Å². The first-order chi connectivity index (χ1) is 9.43. The summed E-state index contributed by atoms with van der Waals surface area (Å²) < 4.78 is 28.9. The molecule has 0 saturated heterocycles. The number of hydrogen-bond acceptors (Lipinski definition) is 2. The van der Waals surface area contributed by atoms with E-state index >= 15 is 0 Å². The Morgan fingerprint density at radius 3 is 2.60 bits per heavy atom. The summed E-state index contributed by atoms with van der Waals surface area (Å²) in [7, 11) is 1.84. The second kappa shape index (κ2) is 6.01. The minimum atomic E-state index is -0.878. The maximum Gasteiger partial charge on any atom is 0.159 e. The van der Waals surface area contributed by atoms with Gasteiger partial charge in [0.2, 0.25) is 0 Å².